The second-order valence-electron chi connectivity index (χ2n) is 5.41. The molecule has 4 nitrogen and oxygen atoms in total. The SMILES string of the molecule is O=C(/C=C/c1ccnc2ccccc12)Nc1ccc(CCO)cc1. The molecule has 1 aromatic heterocycles. The molecule has 1 amide bonds. The van der Waals surface area contributed by atoms with Gasteiger partial charge in [-0.15, -0.1) is 0 Å². The van der Waals surface area contributed by atoms with Crippen LogP contribution in [0, 0.1) is 0 Å². The molecule has 0 unspecified atom stereocenters. The first kappa shape index (κ1) is 15.9. The van der Waals surface area contributed by atoms with E-state index in [1.54, 1.807) is 12.3 Å². The second-order valence-corrected chi connectivity index (χ2v) is 5.41. The summed E-state index contributed by atoms with van der Waals surface area (Å²) in [6, 6.07) is 17.2. The van der Waals surface area contributed by atoms with Gasteiger partial charge in [-0.1, -0.05) is 30.3 Å². The third kappa shape index (κ3) is 3.86. The number of aliphatic hydroxyl groups excluding tert-OH is 1. The van der Waals surface area contributed by atoms with Crippen LogP contribution in [0.1, 0.15) is 11.1 Å². The number of para-hydroxylation sites is 1. The summed E-state index contributed by atoms with van der Waals surface area (Å²) in [7, 11) is 0. The molecule has 0 aliphatic rings. The van der Waals surface area contributed by atoms with Crippen molar-refractivity contribution in [1.29, 1.82) is 0 Å². The zero-order valence-electron chi connectivity index (χ0n) is 13.1. The van der Waals surface area contributed by atoms with E-state index in [4.69, 9.17) is 5.11 Å². The highest BCUT2D eigenvalue weighted by Crippen LogP contribution is 2.17. The predicted molar refractivity (Wildman–Crippen MR) is 96.6 cm³/mol. The summed E-state index contributed by atoms with van der Waals surface area (Å²) in [6.45, 7) is 0.119. The van der Waals surface area contributed by atoms with Crippen molar-refractivity contribution in [3.8, 4) is 0 Å². The van der Waals surface area contributed by atoms with Gasteiger partial charge in [0.1, 0.15) is 0 Å². The first-order valence-corrected chi connectivity index (χ1v) is 7.79. The molecule has 0 bridgehead atoms. The van der Waals surface area contributed by atoms with Crippen LogP contribution in [0.15, 0.2) is 66.9 Å². The molecule has 0 fully saturated rings. The van der Waals surface area contributed by atoms with Crippen LogP contribution in [-0.2, 0) is 11.2 Å². The van der Waals surface area contributed by atoms with Crippen molar-refractivity contribution in [2.45, 2.75) is 6.42 Å². The van der Waals surface area contributed by atoms with Crippen molar-refractivity contribution in [3.63, 3.8) is 0 Å². The van der Waals surface area contributed by atoms with Crippen molar-refractivity contribution >= 4 is 28.6 Å². The van der Waals surface area contributed by atoms with E-state index < -0.39 is 0 Å². The maximum atomic E-state index is 12.1. The lowest BCUT2D eigenvalue weighted by Gasteiger charge is -2.04. The van der Waals surface area contributed by atoms with Gasteiger partial charge in [0.05, 0.1) is 5.52 Å². The number of amides is 1. The van der Waals surface area contributed by atoms with Crippen molar-refractivity contribution in [3.05, 3.63) is 78.0 Å². The number of rotatable bonds is 5. The topological polar surface area (TPSA) is 62.2 Å². The van der Waals surface area contributed by atoms with Gasteiger partial charge >= 0.3 is 0 Å². The Morgan fingerprint density at radius 1 is 1.08 bits per heavy atom. The molecule has 0 saturated carbocycles. The molecule has 3 rings (SSSR count). The minimum Gasteiger partial charge on any atom is -0.396 e. The van der Waals surface area contributed by atoms with Crippen LogP contribution in [-0.4, -0.2) is 22.6 Å². The lowest BCUT2D eigenvalue weighted by Crippen LogP contribution is -2.07. The van der Waals surface area contributed by atoms with Crippen molar-refractivity contribution < 1.29 is 9.90 Å². The molecule has 0 aliphatic heterocycles. The van der Waals surface area contributed by atoms with Crippen LogP contribution in [0.25, 0.3) is 17.0 Å². The Labute approximate surface area is 140 Å². The first-order valence-electron chi connectivity index (χ1n) is 7.79. The molecule has 0 spiro atoms. The normalized spacial score (nSPS) is 11.0. The molecule has 3 aromatic rings. The third-order valence-corrected chi connectivity index (χ3v) is 3.72. The van der Waals surface area contributed by atoms with Gasteiger partial charge < -0.3 is 10.4 Å². The molecule has 4 heteroatoms. The fourth-order valence-corrected chi connectivity index (χ4v) is 2.50. The Kier molecular flexibility index (Phi) is 4.99. The number of aliphatic hydroxyl groups is 1. The number of hydrogen-bond acceptors (Lipinski definition) is 3. The summed E-state index contributed by atoms with van der Waals surface area (Å²) >= 11 is 0. The smallest absolute Gasteiger partial charge is 0.248 e. The fourth-order valence-electron chi connectivity index (χ4n) is 2.50. The largest absolute Gasteiger partial charge is 0.396 e. The Hall–Kier alpha value is -2.98. The Morgan fingerprint density at radius 2 is 1.88 bits per heavy atom. The average molecular weight is 318 g/mol. The summed E-state index contributed by atoms with van der Waals surface area (Å²) in [5, 5.41) is 12.7. The van der Waals surface area contributed by atoms with Crippen LogP contribution in [0.2, 0.25) is 0 Å². The Bertz CT molecular complexity index is 865. The summed E-state index contributed by atoms with van der Waals surface area (Å²) in [5.41, 5.74) is 3.62. The highest BCUT2D eigenvalue weighted by atomic mass is 16.2. The molecular weight excluding hydrogens is 300 g/mol. The van der Waals surface area contributed by atoms with E-state index in [0.717, 1.165) is 27.7 Å². The number of pyridine rings is 1. The number of aromatic nitrogens is 1. The standard InChI is InChI=1S/C20H18N2O2/c23-14-12-15-5-8-17(9-6-15)22-20(24)10-7-16-11-13-21-19-4-2-1-3-18(16)19/h1-11,13,23H,12,14H2,(H,22,24)/b10-7+. The number of anilines is 1. The van der Waals surface area contributed by atoms with E-state index >= 15 is 0 Å². The molecular formula is C20H18N2O2. The number of nitrogens with one attached hydrogen (secondary N) is 1. The summed E-state index contributed by atoms with van der Waals surface area (Å²) in [5.74, 6) is -0.189. The van der Waals surface area contributed by atoms with Gasteiger partial charge in [0, 0.05) is 30.0 Å². The predicted octanol–water partition coefficient (Wildman–Crippen LogP) is 3.42. The lowest BCUT2D eigenvalue weighted by molar-refractivity contribution is -0.111. The molecule has 2 N–H and O–H groups in total. The van der Waals surface area contributed by atoms with Crippen LogP contribution < -0.4 is 5.32 Å². The first-order chi connectivity index (χ1) is 11.8. The number of hydrogen-bond donors (Lipinski definition) is 2. The fraction of sp³-hybridized carbons (Fsp3) is 0.100. The molecule has 24 heavy (non-hydrogen) atoms. The van der Waals surface area contributed by atoms with Crippen molar-refractivity contribution in [1.82, 2.24) is 4.98 Å². The highest BCUT2D eigenvalue weighted by Gasteiger charge is 2.01. The van der Waals surface area contributed by atoms with Crippen molar-refractivity contribution in [2.24, 2.45) is 0 Å². The van der Waals surface area contributed by atoms with E-state index in [-0.39, 0.29) is 12.5 Å². The van der Waals surface area contributed by atoms with Crippen molar-refractivity contribution in [2.75, 3.05) is 11.9 Å². The maximum absolute atomic E-state index is 12.1. The van der Waals surface area contributed by atoms with E-state index in [2.05, 4.69) is 10.3 Å². The Morgan fingerprint density at radius 3 is 2.67 bits per heavy atom. The van der Waals surface area contributed by atoms with Gasteiger partial charge in [-0.2, -0.15) is 0 Å². The zero-order chi connectivity index (χ0) is 16.8. The zero-order valence-corrected chi connectivity index (χ0v) is 13.1. The number of fused-ring (bicyclic) bond motifs is 1. The van der Waals surface area contributed by atoms with Crippen LogP contribution >= 0.6 is 0 Å². The van der Waals surface area contributed by atoms with Gasteiger partial charge in [0.15, 0.2) is 0 Å². The maximum Gasteiger partial charge on any atom is 0.248 e. The van der Waals surface area contributed by atoms with Crippen LogP contribution in [0.3, 0.4) is 0 Å². The minimum absolute atomic E-state index is 0.119. The highest BCUT2D eigenvalue weighted by molar-refractivity contribution is 6.03. The number of carbonyl (C=O) groups excluding carboxylic acids is 1. The number of benzene rings is 2. The minimum atomic E-state index is -0.189. The van der Waals surface area contributed by atoms with Crippen LogP contribution in [0.5, 0.6) is 0 Å². The van der Waals surface area contributed by atoms with Gasteiger partial charge in [0.2, 0.25) is 5.91 Å². The molecule has 1 heterocycles. The van der Waals surface area contributed by atoms with Gasteiger partial charge in [0.25, 0.3) is 0 Å². The van der Waals surface area contributed by atoms with E-state index in [1.807, 2.05) is 54.6 Å². The molecule has 0 radical (unpaired) electrons. The molecule has 2 aromatic carbocycles. The monoisotopic (exact) mass is 318 g/mol. The average Bonchev–Trinajstić information content (AvgIpc) is 2.62. The third-order valence-electron chi connectivity index (χ3n) is 3.72. The lowest BCUT2D eigenvalue weighted by atomic mass is 10.1. The van der Waals surface area contributed by atoms with Crippen LogP contribution in [0.4, 0.5) is 5.69 Å². The van der Waals surface area contributed by atoms with Gasteiger partial charge in [-0.05, 0) is 47.9 Å². The summed E-state index contributed by atoms with van der Waals surface area (Å²) in [6.07, 6.45) is 5.66. The molecule has 120 valence electrons. The quantitative estimate of drug-likeness (QED) is 0.709. The number of carbonyl (C=O) groups is 1. The van der Waals surface area contributed by atoms with E-state index in [1.165, 1.54) is 6.08 Å². The van der Waals surface area contributed by atoms with E-state index in [9.17, 15) is 4.79 Å². The Balaban J connectivity index is 1.70. The summed E-state index contributed by atoms with van der Waals surface area (Å²) in [4.78, 5) is 16.4. The molecule has 0 saturated heterocycles. The summed E-state index contributed by atoms with van der Waals surface area (Å²) < 4.78 is 0. The molecule has 0 atom stereocenters. The van der Waals surface area contributed by atoms with Gasteiger partial charge in [-0.3, -0.25) is 9.78 Å². The van der Waals surface area contributed by atoms with E-state index in [0.29, 0.717) is 6.42 Å². The van der Waals surface area contributed by atoms with Gasteiger partial charge in [-0.25, -0.2) is 0 Å². The molecule has 0 aliphatic carbocycles. The number of nitrogens with zero attached hydrogens (tertiary/aromatic N) is 1. The second kappa shape index (κ2) is 7.53.